The topological polar surface area (TPSA) is 47.3 Å². The van der Waals surface area contributed by atoms with E-state index in [1.54, 1.807) is 6.20 Å². The fourth-order valence-corrected chi connectivity index (χ4v) is 2.24. The lowest BCUT2D eigenvalue weighted by atomic mass is 10.2. The zero-order valence-corrected chi connectivity index (χ0v) is 14.5. The van der Waals surface area contributed by atoms with E-state index in [1.807, 2.05) is 54.6 Å². The van der Waals surface area contributed by atoms with Crippen LogP contribution in [0.2, 0.25) is 5.02 Å². The van der Waals surface area contributed by atoms with E-state index in [9.17, 15) is 0 Å². The van der Waals surface area contributed by atoms with Crippen LogP contribution in [0.1, 0.15) is 5.76 Å². The number of benzene rings is 1. The highest BCUT2D eigenvalue weighted by molar-refractivity contribution is 6.30. The Balaban J connectivity index is 0.00000208. The van der Waals surface area contributed by atoms with Gasteiger partial charge in [0.25, 0.3) is 0 Å². The highest BCUT2D eigenvalue weighted by Crippen LogP contribution is 2.23. The molecule has 0 radical (unpaired) electrons. The van der Waals surface area contributed by atoms with E-state index < -0.39 is 0 Å². The molecular weight excluding hydrogens is 347 g/mol. The van der Waals surface area contributed by atoms with Gasteiger partial charge in [0.1, 0.15) is 18.1 Å². The molecule has 0 atom stereocenters. The SMILES string of the molecule is Cl.Clc1ccc(-c2ccc(CNCCOc3ccccn3)o2)cc1. The maximum atomic E-state index is 5.89. The summed E-state index contributed by atoms with van der Waals surface area (Å²) < 4.78 is 11.3. The summed E-state index contributed by atoms with van der Waals surface area (Å²) in [6.07, 6.45) is 1.71. The summed E-state index contributed by atoms with van der Waals surface area (Å²) in [6, 6.07) is 17.1. The smallest absolute Gasteiger partial charge is 0.213 e. The van der Waals surface area contributed by atoms with E-state index >= 15 is 0 Å². The highest BCUT2D eigenvalue weighted by Gasteiger charge is 2.04. The number of hydrogen-bond donors (Lipinski definition) is 1. The van der Waals surface area contributed by atoms with Gasteiger partial charge >= 0.3 is 0 Å². The Morgan fingerprint density at radius 3 is 2.62 bits per heavy atom. The molecule has 0 fully saturated rings. The first-order chi connectivity index (χ1) is 11.3. The molecule has 126 valence electrons. The van der Waals surface area contributed by atoms with Gasteiger partial charge in [-0.1, -0.05) is 17.7 Å². The molecule has 1 aromatic carbocycles. The molecule has 4 nitrogen and oxygen atoms in total. The fourth-order valence-electron chi connectivity index (χ4n) is 2.11. The standard InChI is InChI=1S/C18H17ClN2O2.ClH/c19-15-6-4-14(5-7-15)17-9-8-16(23-17)13-20-11-12-22-18-3-1-2-10-21-18;/h1-10,20H,11-13H2;1H. The van der Waals surface area contributed by atoms with E-state index in [0.29, 0.717) is 25.6 Å². The van der Waals surface area contributed by atoms with Crippen LogP contribution >= 0.6 is 24.0 Å². The maximum absolute atomic E-state index is 5.89. The zero-order chi connectivity index (χ0) is 15.9. The summed E-state index contributed by atoms with van der Waals surface area (Å²) in [5, 5.41) is 4.00. The Morgan fingerprint density at radius 1 is 1.04 bits per heavy atom. The second-order valence-corrected chi connectivity index (χ2v) is 5.40. The first-order valence-corrected chi connectivity index (χ1v) is 7.78. The normalized spacial score (nSPS) is 10.2. The predicted molar refractivity (Wildman–Crippen MR) is 97.8 cm³/mol. The minimum Gasteiger partial charge on any atom is -0.476 e. The lowest BCUT2D eigenvalue weighted by Gasteiger charge is -2.05. The van der Waals surface area contributed by atoms with Gasteiger partial charge in [0.05, 0.1) is 6.54 Å². The summed E-state index contributed by atoms with van der Waals surface area (Å²) in [7, 11) is 0. The predicted octanol–water partition coefficient (Wildman–Crippen LogP) is 4.59. The Labute approximate surface area is 152 Å². The van der Waals surface area contributed by atoms with E-state index in [4.69, 9.17) is 20.8 Å². The Hall–Kier alpha value is -2.01. The van der Waals surface area contributed by atoms with Crippen LogP contribution in [0.15, 0.2) is 65.2 Å². The second kappa shape index (κ2) is 9.33. The third-order valence-corrected chi connectivity index (χ3v) is 3.51. The number of hydrogen-bond acceptors (Lipinski definition) is 4. The summed E-state index contributed by atoms with van der Waals surface area (Å²) in [5.74, 6) is 2.35. The number of ether oxygens (including phenoxy) is 1. The maximum Gasteiger partial charge on any atom is 0.213 e. The molecule has 1 N–H and O–H groups in total. The van der Waals surface area contributed by atoms with Gasteiger partial charge in [0.2, 0.25) is 5.88 Å². The second-order valence-electron chi connectivity index (χ2n) is 4.97. The van der Waals surface area contributed by atoms with Gasteiger partial charge in [-0.2, -0.15) is 0 Å². The van der Waals surface area contributed by atoms with Crippen LogP contribution in [-0.4, -0.2) is 18.1 Å². The van der Waals surface area contributed by atoms with Gasteiger partial charge in [-0.3, -0.25) is 0 Å². The van der Waals surface area contributed by atoms with Crippen molar-refractivity contribution in [3.63, 3.8) is 0 Å². The number of nitrogens with one attached hydrogen (secondary N) is 1. The summed E-state index contributed by atoms with van der Waals surface area (Å²) in [5.41, 5.74) is 1.01. The van der Waals surface area contributed by atoms with Crippen molar-refractivity contribution in [3.8, 4) is 17.2 Å². The Morgan fingerprint density at radius 2 is 1.88 bits per heavy atom. The van der Waals surface area contributed by atoms with E-state index in [0.717, 1.165) is 22.1 Å². The summed E-state index contributed by atoms with van der Waals surface area (Å²) in [6.45, 7) is 1.93. The number of halogens is 2. The highest BCUT2D eigenvalue weighted by atomic mass is 35.5. The number of nitrogens with zero attached hydrogens (tertiary/aromatic N) is 1. The van der Waals surface area contributed by atoms with Crippen LogP contribution in [0.25, 0.3) is 11.3 Å². The zero-order valence-electron chi connectivity index (χ0n) is 12.9. The molecule has 3 aromatic rings. The fraction of sp³-hybridized carbons (Fsp3) is 0.167. The van der Waals surface area contributed by atoms with Crippen LogP contribution in [0.5, 0.6) is 5.88 Å². The van der Waals surface area contributed by atoms with Crippen LogP contribution in [0, 0.1) is 0 Å². The van der Waals surface area contributed by atoms with Crippen LogP contribution in [-0.2, 0) is 6.54 Å². The van der Waals surface area contributed by atoms with Crippen molar-refractivity contribution in [3.05, 3.63) is 71.6 Å². The number of rotatable bonds is 7. The van der Waals surface area contributed by atoms with Gasteiger partial charge < -0.3 is 14.5 Å². The van der Waals surface area contributed by atoms with Gasteiger partial charge in [0.15, 0.2) is 0 Å². The molecule has 24 heavy (non-hydrogen) atoms. The van der Waals surface area contributed by atoms with Gasteiger partial charge in [-0.05, 0) is 42.5 Å². The lowest BCUT2D eigenvalue weighted by molar-refractivity contribution is 0.300. The molecule has 0 unspecified atom stereocenters. The summed E-state index contributed by atoms with van der Waals surface area (Å²) in [4.78, 5) is 4.10. The van der Waals surface area contributed by atoms with Crippen LogP contribution in [0.4, 0.5) is 0 Å². The van der Waals surface area contributed by atoms with Gasteiger partial charge in [0, 0.05) is 29.4 Å². The van der Waals surface area contributed by atoms with Gasteiger partial charge in [-0.25, -0.2) is 4.98 Å². The average molecular weight is 365 g/mol. The van der Waals surface area contributed by atoms with Crippen molar-refractivity contribution in [1.29, 1.82) is 0 Å². The Bertz CT molecular complexity index is 730. The van der Waals surface area contributed by atoms with Crippen molar-refractivity contribution in [2.75, 3.05) is 13.2 Å². The van der Waals surface area contributed by atoms with Crippen molar-refractivity contribution in [2.24, 2.45) is 0 Å². The van der Waals surface area contributed by atoms with Crippen LogP contribution < -0.4 is 10.1 Å². The number of furan rings is 1. The van der Waals surface area contributed by atoms with Crippen molar-refractivity contribution < 1.29 is 9.15 Å². The third kappa shape index (κ3) is 5.27. The lowest BCUT2D eigenvalue weighted by Crippen LogP contribution is -2.20. The third-order valence-electron chi connectivity index (χ3n) is 3.26. The first kappa shape index (κ1) is 18.3. The monoisotopic (exact) mass is 364 g/mol. The number of aromatic nitrogens is 1. The van der Waals surface area contributed by atoms with Crippen molar-refractivity contribution in [2.45, 2.75) is 6.54 Å². The molecule has 2 aromatic heterocycles. The molecule has 0 saturated heterocycles. The molecule has 6 heteroatoms. The summed E-state index contributed by atoms with van der Waals surface area (Å²) >= 11 is 5.89. The van der Waals surface area contributed by atoms with E-state index in [-0.39, 0.29) is 12.4 Å². The first-order valence-electron chi connectivity index (χ1n) is 7.40. The van der Waals surface area contributed by atoms with Gasteiger partial charge in [-0.15, -0.1) is 12.4 Å². The van der Waals surface area contributed by atoms with Crippen molar-refractivity contribution in [1.82, 2.24) is 10.3 Å². The molecule has 0 bridgehead atoms. The van der Waals surface area contributed by atoms with E-state index in [1.165, 1.54) is 0 Å². The quantitative estimate of drug-likeness (QED) is 0.623. The molecule has 3 rings (SSSR count). The minimum atomic E-state index is 0. The minimum absolute atomic E-state index is 0. The van der Waals surface area contributed by atoms with Crippen LogP contribution in [0.3, 0.4) is 0 Å². The van der Waals surface area contributed by atoms with E-state index in [2.05, 4.69) is 10.3 Å². The molecule has 0 aliphatic rings. The molecule has 0 spiro atoms. The molecule has 0 amide bonds. The largest absolute Gasteiger partial charge is 0.476 e. The molecular formula is C18H18Cl2N2O2. The molecule has 0 aliphatic heterocycles. The molecule has 0 aliphatic carbocycles. The molecule has 2 heterocycles. The number of pyridine rings is 1. The van der Waals surface area contributed by atoms with Crippen molar-refractivity contribution >= 4 is 24.0 Å². The molecule has 0 saturated carbocycles. The average Bonchev–Trinajstić information content (AvgIpc) is 3.05. The Kier molecular flexibility index (Phi) is 7.12.